The molecule has 0 aliphatic rings. The molecule has 1 heterocycles. The third-order valence-corrected chi connectivity index (χ3v) is 7.34. The number of ether oxygens (including phenoxy) is 2. The molecular formula is C26H24N2O6S. The fraction of sp³-hybridized carbons (Fsp3) is 0.154. The van der Waals surface area contributed by atoms with Crippen molar-refractivity contribution in [3.05, 3.63) is 88.7 Å². The van der Waals surface area contributed by atoms with E-state index in [9.17, 15) is 18.0 Å². The van der Waals surface area contributed by atoms with Gasteiger partial charge in [-0.2, -0.15) is 0 Å². The van der Waals surface area contributed by atoms with Gasteiger partial charge in [-0.15, -0.1) is 0 Å². The van der Waals surface area contributed by atoms with E-state index < -0.39 is 26.1 Å². The number of anilines is 1. The van der Waals surface area contributed by atoms with Crippen LogP contribution in [0.1, 0.15) is 5.56 Å². The largest absolute Gasteiger partial charge is 0.497 e. The van der Waals surface area contributed by atoms with Crippen molar-refractivity contribution in [2.75, 3.05) is 19.5 Å². The molecule has 0 radical (unpaired) electrons. The smallest absolute Gasteiger partial charge is 0.244 e. The molecule has 0 saturated heterocycles. The highest BCUT2D eigenvalue weighted by molar-refractivity contribution is 7.91. The van der Waals surface area contributed by atoms with Gasteiger partial charge in [0.25, 0.3) is 0 Å². The van der Waals surface area contributed by atoms with Gasteiger partial charge in [-0.05, 0) is 43.3 Å². The number of nitrogens with one attached hydrogen (secondary N) is 1. The van der Waals surface area contributed by atoms with Crippen LogP contribution in [0.2, 0.25) is 0 Å². The van der Waals surface area contributed by atoms with Crippen LogP contribution in [0.5, 0.6) is 11.5 Å². The second-order valence-electron chi connectivity index (χ2n) is 7.90. The van der Waals surface area contributed by atoms with Crippen molar-refractivity contribution in [3.8, 4) is 11.5 Å². The fourth-order valence-electron chi connectivity index (χ4n) is 3.73. The Morgan fingerprint density at radius 3 is 2.37 bits per heavy atom. The monoisotopic (exact) mass is 492 g/mol. The lowest BCUT2D eigenvalue weighted by Crippen LogP contribution is -2.24. The Labute approximate surface area is 202 Å². The summed E-state index contributed by atoms with van der Waals surface area (Å²) in [5, 5.41) is 2.97. The van der Waals surface area contributed by atoms with Crippen molar-refractivity contribution >= 4 is 32.3 Å². The highest BCUT2D eigenvalue weighted by atomic mass is 32.2. The van der Waals surface area contributed by atoms with E-state index in [0.717, 1.165) is 5.56 Å². The molecule has 0 fully saturated rings. The molecule has 180 valence electrons. The fourth-order valence-corrected chi connectivity index (χ4v) is 5.10. The Bertz CT molecular complexity index is 1570. The van der Waals surface area contributed by atoms with Gasteiger partial charge in [0.15, 0.2) is 0 Å². The highest BCUT2D eigenvalue weighted by Crippen LogP contribution is 2.29. The van der Waals surface area contributed by atoms with Gasteiger partial charge in [0, 0.05) is 17.6 Å². The molecule has 8 nitrogen and oxygen atoms in total. The van der Waals surface area contributed by atoms with Gasteiger partial charge in [-0.25, -0.2) is 8.42 Å². The number of methoxy groups -OCH3 is 2. The molecule has 0 aliphatic heterocycles. The number of aryl methyl sites for hydroxylation is 1. The number of aromatic nitrogens is 1. The van der Waals surface area contributed by atoms with Crippen LogP contribution in [0.4, 0.5) is 5.69 Å². The minimum atomic E-state index is -4.11. The Balaban J connectivity index is 1.76. The summed E-state index contributed by atoms with van der Waals surface area (Å²) in [4.78, 5) is 25.7. The molecular weight excluding hydrogens is 468 g/mol. The number of carbonyl (C=O) groups is 1. The van der Waals surface area contributed by atoms with Gasteiger partial charge in [-0.1, -0.05) is 29.8 Å². The second-order valence-corrected chi connectivity index (χ2v) is 9.82. The van der Waals surface area contributed by atoms with E-state index >= 15 is 0 Å². The molecule has 35 heavy (non-hydrogen) atoms. The average molecular weight is 493 g/mol. The molecule has 0 unspecified atom stereocenters. The molecule has 9 heteroatoms. The zero-order valence-corrected chi connectivity index (χ0v) is 20.3. The van der Waals surface area contributed by atoms with Gasteiger partial charge < -0.3 is 19.4 Å². The van der Waals surface area contributed by atoms with E-state index in [1.807, 2.05) is 6.92 Å². The number of hydrogen-bond donors (Lipinski definition) is 1. The summed E-state index contributed by atoms with van der Waals surface area (Å²) < 4.78 is 38.6. The Morgan fingerprint density at radius 1 is 0.971 bits per heavy atom. The van der Waals surface area contributed by atoms with E-state index in [2.05, 4.69) is 5.32 Å². The summed E-state index contributed by atoms with van der Waals surface area (Å²) >= 11 is 0. The first-order valence-electron chi connectivity index (χ1n) is 10.7. The average Bonchev–Trinajstić information content (AvgIpc) is 2.86. The van der Waals surface area contributed by atoms with Crippen LogP contribution in [0.25, 0.3) is 10.9 Å². The number of carbonyl (C=O) groups excluding carboxylic acids is 1. The van der Waals surface area contributed by atoms with Crippen LogP contribution in [0, 0.1) is 6.92 Å². The van der Waals surface area contributed by atoms with Crippen LogP contribution in [-0.2, 0) is 21.2 Å². The van der Waals surface area contributed by atoms with Crippen molar-refractivity contribution in [1.82, 2.24) is 4.57 Å². The van der Waals surface area contributed by atoms with E-state index in [0.29, 0.717) is 22.7 Å². The summed E-state index contributed by atoms with van der Waals surface area (Å²) in [7, 11) is -1.11. The van der Waals surface area contributed by atoms with E-state index in [1.54, 1.807) is 54.6 Å². The number of nitrogens with zero attached hydrogens (tertiary/aromatic N) is 1. The van der Waals surface area contributed by atoms with Crippen LogP contribution < -0.4 is 20.2 Å². The van der Waals surface area contributed by atoms with Crippen molar-refractivity contribution in [2.45, 2.75) is 23.3 Å². The Kier molecular flexibility index (Phi) is 6.61. The van der Waals surface area contributed by atoms with E-state index in [-0.39, 0.29) is 16.8 Å². The normalized spacial score (nSPS) is 11.3. The van der Waals surface area contributed by atoms with Gasteiger partial charge in [-0.3, -0.25) is 9.59 Å². The lowest BCUT2D eigenvalue weighted by molar-refractivity contribution is -0.116. The predicted molar refractivity (Wildman–Crippen MR) is 133 cm³/mol. The van der Waals surface area contributed by atoms with Crippen molar-refractivity contribution < 1.29 is 22.7 Å². The van der Waals surface area contributed by atoms with Crippen molar-refractivity contribution in [3.63, 3.8) is 0 Å². The Hall–Kier alpha value is -4.11. The van der Waals surface area contributed by atoms with Gasteiger partial charge >= 0.3 is 0 Å². The number of para-hydroxylation sites is 1. The minimum absolute atomic E-state index is 0.00875. The second kappa shape index (κ2) is 9.63. The first-order chi connectivity index (χ1) is 16.7. The first kappa shape index (κ1) is 24.0. The topological polar surface area (TPSA) is 104 Å². The molecule has 4 rings (SSSR count). The number of hydrogen-bond acceptors (Lipinski definition) is 6. The molecule has 0 atom stereocenters. The minimum Gasteiger partial charge on any atom is -0.497 e. The number of sulfone groups is 1. The van der Waals surface area contributed by atoms with Crippen LogP contribution in [-0.4, -0.2) is 33.1 Å². The first-order valence-corrected chi connectivity index (χ1v) is 12.2. The van der Waals surface area contributed by atoms with Gasteiger partial charge in [0.05, 0.1) is 30.3 Å². The standard InChI is InChI=1S/C26H24N2O6S/c1-17-8-11-19(12-9-17)35(31,32)24-15-28(22-7-5-4-6-20(22)26(24)30)16-25(29)27-21-13-10-18(33-2)14-23(21)34-3/h4-15H,16H2,1-3H3,(H,27,29). The van der Waals surface area contributed by atoms with Crippen molar-refractivity contribution in [2.24, 2.45) is 0 Å². The van der Waals surface area contributed by atoms with Crippen LogP contribution >= 0.6 is 0 Å². The lowest BCUT2D eigenvalue weighted by Gasteiger charge is -2.15. The molecule has 0 spiro atoms. The summed E-state index contributed by atoms with van der Waals surface area (Å²) in [6.07, 6.45) is 1.23. The summed E-state index contributed by atoms with van der Waals surface area (Å²) in [5.41, 5.74) is 1.15. The maximum absolute atomic E-state index is 13.3. The maximum atomic E-state index is 13.3. The summed E-state index contributed by atoms with van der Waals surface area (Å²) in [5.74, 6) is 0.545. The van der Waals surface area contributed by atoms with E-state index in [1.165, 1.54) is 37.1 Å². The SMILES string of the molecule is COc1ccc(NC(=O)Cn2cc(S(=O)(=O)c3ccc(C)cc3)c(=O)c3ccccc32)c(OC)c1. The number of pyridine rings is 1. The summed E-state index contributed by atoms with van der Waals surface area (Å²) in [6, 6.07) is 17.8. The predicted octanol–water partition coefficient (Wildman–Crippen LogP) is 3.80. The molecule has 0 saturated carbocycles. The number of fused-ring (bicyclic) bond motifs is 1. The molecule has 4 aromatic rings. The van der Waals surface area contributed by atoms with Gasteiger partial charge in [0.2, 0.25) is 21.2 Å². The van der Waals surface area contributed by atoms with Crippen LogP contribution in [0.15, 0.2) is 87.5 Å². The molecule has 3 aromatic carbocycles. The zero-order valence-electron chi connectivity index (χ0n) is 19.4. The third kappa shape index (κ3) is 4.76. The quantitative estimate of drug-likeness (QED) is 0.421. The highest BCUT2D eigenvalue weighted by Gasteiger charge is 2.24. The third-order valence-electron chi connectivity index (χ3n) is 5.57. The van der Waals surface area contributed by atoms with E-state index in [4.69, 9.17) is 9.47 Å². The van der Waals surface area contributed by atoms with Gasteiger partial charge in [0.1, 0.15) is 22.9 Å². The number of amides is 1. The molecule has 0 bridgehead atoms. The summed E-state index contributed by atoms with van der Waals surface area (Å²) in [6.45, 7) is 1.61. The number of rotatable bonds is 7. The molecule has 1 N–H and O–H groups in total. The zero-order chi connectivity index (χ0) is 25.2. The lowest BCUT2D eigenvalue weighted by atomic mass is 10.2. The van der Waals surface area contributed by atoms with Crippen molar-refractivity contribution in [1.29, 1.82) is 0 Å². The molecule has 1 amide bonds. The molecule has 0 aliphatic carbocycles. The number of benzene rings is 3. The van der Waals surface area contributed by atoms with Crippen LogP contribution in [0.3, 0.4) is 0 Å². The molecule has 1 aromatic heterocycles. The Morgan fingerprint density at radius 2 is 1.69 bits per heavy atom. The maximum Gasteiger partial charge on any atom is 0.244 e.